The molecule has 0 saturated carbocycles. The first-order chi connectivity index (χ1) is 8.83. The fourth-order valence-electron chi connectivity index (χ4n) is 1.70. The monoisotopic (exact) mass is 247 g/mol. The van der Waals surface area contributed by atoms with Gasteiger partial charge in [0.15, 0.2) is 5.82 Å². The number of anilines is 1. The second-order valence-corrected chi connectivity index (χ2v) is 4.03. The van der Waals surface area contributed by atoms with Gasteiger partial charge in [-0.25, -0.2) is 4.68 Å². The van der Waals surface area contributed by atoms with Crippen LogP contribution in [-0.4, -0.2) is 25.3 Å². The van der Waals surface area contributed by atoms with Crippen molar-refractivity contribution in [3.8, 4) is 0 Å². The molecule has 0 bridgehead atoms. The summed E-state index contributed by atoms with van der Waals surface area (Å²) in [4.78, 5) is 0. The highest BCUT2D eigenvalue weighted by molar-refractivity contribution is 5.45. The molecule has 2 rings (SSSR count). The van der Waals surface area contributed by atoms with Crippen molar-refractivity contribution in [1.82, 2.24) is 20.2 Å². The molecule has 0 unspecified atom stereocenters. The molecule has 0 aliphatic heterocycles. The number of nitrogens with zero attached hydrogens (tertiary/aromatic N) is 4. The largest absolute Gasteiger partial charge is 0.392 e. The number of aromatic nitrogens is 4. The first-order valence-corrected chi connectivity index (χ1v) is 6.02. The normalized spacial score (nSPS) is 10.6. The van der Waals surface area contributed by atoms with E-state index in [0.717, 1.165) is 30.0 Å². The van der Waals surface area contributed by atoms with Gasteiger partial charge in [-0.2, -0.15) is 0 Å². The topological polar surface area (TPSA) is 75.9 Å². The molecule has 1 aromatic heterocycles. The molecule has 2 aromatic rings. The number of aryl methyl sites for hydroxylation is 1. The van der Waals surface area contributed by atoms with Gasteiger partial charge in [-0.05, 0) is 34.5 Å². The number of tetrazole rings is 1. The third-order valence-corrected chi connectivity index (χ3v) is 2.60. The molecule has 2 N–H and O–H groups in total. The van der Waals surface area contributed by atoms with Gasteiger partial charge >= 0.3 is 0 Å². The molecule has 0 spiro atoms. The van der Waals surface area contributed by atoms with Crippen molar-refractivity contribution in [1.29, 1.82) is 0 Å². The van der Waals surface area contributed by atoms with E-state index in [4.69, 9.17) is 5.11 Å². The fourth-order valence-corrected chi connectivity index (χ4v) is 1.70. The van der Waals surface area contributed by atoms with Gasteiger partial charge in [0.1, 0.15) is 0 Å². The fraction of sp³-hybridized carbons (Fsp3) is 0.417. The molecular weight excluding hydrogens is 230 g/mol. The summed E-state index contributed by atoms with van der Waals surface area (Å²) in [6.45, 7) is 3.52. The van der Waals surface area contributed by atoms with E-state index in [1.54, 1.807) is 4.68 Å². The van der Waals surface area contributed by atoms with E-state index in [-0.39, 0.29) is 6.61 Å². The Balaban J connectivity index is 1.99. The van der Waals surface area contributed by atoms with Crippen LogP contribution in [0.3, 0.4) is 0 Å². The van der Waals surface area contributed by atoms with Crippen LogP contribution in [-0.2, 0) is 19.7 Å². The number of benzene rings is 1. The maximum Gasteiger partial charge on any atom is 0.170 e. The zero-order chi connectivity index (χ0) is 12.8. The standard InChI is InChI=1S/C12H17N5O/c1-2-6-17-12(14-15-16-17)8-13-11-5-3-4-10(7-11)9-18/h3-5,7,13,18H,2,6,8-9H2,1H3. The summed E-state index contributed by atoms with van der Waals surface area (Å²) >= 11 is 0. The van der Waals surface area contributed by atoms with Crippen molar-refractivity contribution in [3.63, 3.8) is 0 Å². The Morgan fingerprint density at radius 2 is 2.28 bits per heavy atom. The van der Waals surface area contributed by atoms with Gasteiger partial charge in [-0.1, -0.05) is 19.1 Å². The Hall–Kier alpha value is -1.95. The van der Waals surface area contributed by atoms with Crippen molar-refractivity contribution in [2.24, 2.45) is 0 Å². The van der Waals surface area contributed by atoms with E-state index in [0.29, 0.717) is 6.54 Å². The molecule has 6 heteroatoms. The smallest absolute Gasteiger partial charge is 0.170 e. The lowest BCUT2D eigenvalue weighted by molar-refractivity contribution is 0.282. The summed E-state index contributed by atoms with van der Waals surface area (Å²) in [5.41, 5.74) is 1.83. The van der Waals surface area contributed by atoms with E-state index in [1.165, 1.54) is 0 Å². The Kier molecular flexibility index (Phi) is 4.25. The second-order valence-electron chi connectivity index (χ2n) is 4.03. The Morgan fingerprint density at radius 3 is 3.06 bits per heavy atom. The van der Waals surface area contributed by atoms with Gasteiger partial charge in [-0.15, -0.1) is 5.10 Å². The van der Waals surface area contributed by atoms with E-state index < -0.39 is 0 Å². The molecule has 1 heterocycles. The minimum Gasteiger partial charge on any atom is -0.392 e. The maximum atomic E-state index is 9.06. The highest BCUT2D eigenvalue weighted by atomic mass is 16.3. The minimum absolute atomic E-state index is 0.0447. The van der Waals surface area contributed by atoms with Crippen molar-refractivity contribution in [2.75, 3.05) is 5.32 Å². The van der Waals surface area contributed by atoms with Crippen LogP contribution in [0.4, 0.5) is 5.69 Å². The van der Waals surface area contributed by atoms with Crippen LogP contribution < -0.4 is 5.32 Å². The number of rotatable bonds is 6. The van der Waals surface area contributed by atoms with Crippen LogP contribution in [0.15, 0.2) is 24.3 Å². The van der Waals surface area contributed by atoms with Crippen LogP contribution >= 0.6 is 0 Å². The van der Waals surface area contributed by atoms with E-state index in [1.807, 2.05) is 24.3 Å². The van der Waals surface area contributed by atoms with Crippen LogP contribution in [0.25, 0.3) is 0 Å². The van der Waals surface area contributed by atoms with E-state index >= 15 is 0 Å². The average molecular weight is 247 g/mol. The molecule has 96 valence electrons. The zero-order valence-corrected chi connectivity index (χ0v) is 10.4. The lowest BCUT2D eigenvalue weighted by atomic mass is 10.2. The molecule has 0 saturated heterocycles. The summed E-state index contributed by atoms with van der Waals surface area (Å²) in [5, 5.41) is 23.9. The van der Waals surface area contributed by atoms with Crippen molar-refractivity contribution in [3.05, 3.63) is 35.7 Å². The third kappa shape index (κ3) is 3.04. The summed E-state index contributed by atoms with van der Waals surface area (Å²) < 4.78 is 1.79. The summed E-state index contributed by atoms with van der Waals surface area (Å²) in [7, 11) is 0. The van der Waals surface area contributed by atoms with Gasteiger partial charge in [-0.3, -0.25) is 0 Å². The molecule has 0 fully saturated rings. The van der Waals surface area contributed by atoms with Gasteiger partial charge in [0.05, 0.1) is 13.2 Å². The first-order valence-electron chi connectivity index (χ1n) is 6.02. The van der Waals surface area contributed by atoms with Crippen LogP contribution in [0, 0.1) is 0 Å². The van der Waals surface area contributed by atoms with E-state index in [2.05, 4.69) is 27.8 Å². The highest BCUT2D eigenvalue weighted by Gasteiger charge is 2.04. The first kappa shape index (κ1) is 12.5. The lowest BCUT2D eigenvalue weighted by Crippen LogP contribution is -2.10. The molecule has 0 atom stereocenters. The lowest BCUT2D eigenvalue weighted by Gasteiger charge is -2.07. The maximum absolute atomic E-state index is 9.06. The van der Waals surface area contributed by atoms with E-state index in [9.17, 15) is 0 Å². The zero-order valence-electron chi connectivity index (χ0n) is 10.4. The van der Waals surface area contributed by atoms with Crippen molar-refractivity contribution < 1.29 is 5.11 Å². The molecule has 0 amide bonds. The molecule has 0 radical (unpaired) electrons. The Bertz CT molecular complexity index is 497. The predicted octanol–water partition coefficient (Wildman–Crippen LogP) is 1.19. The van der Waals surface area contributed by atoms with Crippen molar-refractivity contribution in [2.45, 2.75) is 33.0 Å². The SMILES string of the molecule is CCCn1nnnc1CNc1cccc(CO)c1. The second kappa shape index (κ2) is 6.11. The predicted molar refractivity (Wildman–Crippen MR) is 67.8 cm³/mol. The number of aliphatic hydroxyl groups excluding tert-OH is 1. The Morgan fingerprint density at radius 1 is 1.39 bits per heavy atom. The molecular formula is C12H17N5O. The molecule has 0 aliphatic rings. The van der Waals surface area contributed by atoms with Crippen LogP contribution in [0.1, 0.15) is 24.7 Å². The molecule has 1 aromatic carbocycles. The average Bonchev–Trinajstić information content (AvgIpc) is 2.85. The van der Waals surface area contributed by atoms with Gasteiger partial charge in [0, 0.05) is 12.2 Å². The number of nitrogens with one attached hydrogen (secondary N) is 1. The van der Waals surface area contributed by atoms with Crippen LogP contribution in [0.2, 0.25) is 0 Å². The molecule has 6 nitrogen and oxygen atoms in total. The molecule has 18 heavy (non-hydrogen) atoms. The number of aliphatic hydroxyl groups is 1. The van der Waals surface area contributed by atoms with Crippen LogP contribution in [0.5, 0.6) is 0 Å². The number of hydrogen-bond donors (Lipinski definition) is 2. The number of hydrogen-bond acceptors (Lipinski definition) is 5. The quantitative estimate of drug-likeness (QED) is 0.802. The molecule has 0 aliphatic carbocycles. The van der Waals surface area contributed by atoms with Crippen molar-refractivity contribution >= 4 is 5.69 Å². The summed E-state index contributed by atoms with van der Waals surface area (Å²) in [6.07, 6.45) is 0.998. The minimum atomic E-state index is 0.0447. The van der Waals surface area contributed by atoms with Gasteiger partial charge in [0.2, 0.25) is 0 Å². The third-order valence-electron chi connectivity index (χ3n) is 2.60. The summed E-state index contributed by atoms with van der Waals surface area (Å²) in [6, 6.07) is 7.65. The van der Waals surface area contributed by atoms with Gasteiger partial charge in [0.25, 0.3) is 0 Å². The Labute approximate surface area is 106 Å². The summed E-state index contributed by atoms with van der Waals surface area (Å²) in [5.74, 6) is 0.811. The van der Waals surface area contributed by atoms with Gasteiger partial charge < -0.3 is 10.4 Å². The highest BCUT2D eigenvalue weighted by Crippen LogP contribution is 2.11.